The van der Waals surface area contributed by atoms with Crippen LogP contribution in [0.15, 0.2) is 41.2 Å². The monoisotopic (exact) mass is 354 g/mol. The highest BCUT2D eigenvalue weighted by Gasteiger charge is 2.28. The quantitative estimate of drug-likeness (QED) is 0.873. The molecule has 0 aliphatic heterocycles. The molecule has 0 radical (unpaired) electrons. The van der Waals surface area contributed by atoms with Crippen LogP contribution in [0.5, 0.6) is 0 Å². The van der Waals surface area contributed by atoms with Gasteiger partial charge in [0.15, 0.2) is 5.78 Å². The molecule has 0 spiro atoms. The SMILES string of the molecule is C[C@H]1CC(=O)c2cc(NC(=O)c3ccccc3)c(=O)n(CC(=O)O)c2C1. The van der Waals surface area contributed by atoms with Gasteiger partial charge in [-0.3, -0.25) is 23.7 Å². The fourth-order valence-electron chi connectivity index (χ4n) is 3.17. The summed E-state index contributed by atoms with van der Waals surface area (Å²) in [6.45, 7) is 1.32. The molecule has 0 unspecified atom stereocenters. The zero-order chi connectivity index (χ0) is 18.8. The lowest BCUT2D eigenvalue weighted by atomic mass is 9.86. The third-order valence-electron chi connectivity index (χ3n) is 4.35. The first-order valence-corrected chi connectivity index (χ1v) is 8.25. The smallest absolute Gasteiger partial charge is 0.323 e. The number of carbonyl (C=O) groups excluding carboxylic acids is 2. The fourth-order valence-corrected chi connectivity index (χ4v) is 3.17. The van der Waals surface area contributed by atoms with Gasteiger partial charge in [0.05, 0.1) is 0 Å². The molecule has 3 rings (SSSR count). The minimum atomic E-state index is -1.19. The predicted octanol–water partition coefficient (Wildman–Crippen LogP) is 1.95. The van der Waals surface area contributed by atoms with E-state index in [0.717, 1.165) is 4.57 Å². The number of carboxylic acids is 1. The Hall–Kier alpha value is -3.22. The maximum absolute atomic E-state index is 12.7. The topological polar surface area (TPSA) is 105 Å². The van der Waals surface area contributed by atoms with E-state index in [-0.39, 0.29) is 17.4 Å². The van der Waals surface area contributed by atoms with Gasteiger partial charge in [0.25, 0.3) is 11.5 Å². The first-order chi connectivity index (χ1) is 12.4. The zero-order valence-electron chi connectivity index (χ0n) is 14.2. The van der Waals surface area contributed by atoms with Gasteiger partial charge in [0, 0.05) is 23.2 Å². The third-order valence-corrected chi connectivity index (χ3v) is 4.35. The molecule has 0 saturated carbocycles. The van der Waals surface area contributed by atoms with Crippen molar-refractivity contribution in [2.24, 2.45) is 5.92 Å². The van der Waals surface area contributed by atoms with E-state index in [0.29, 0.717) is 29.7 Å². The van der Waals surface area contributed by atoms with Crippen molar-refractivity contribution in [3.05, 3.63) is 63.6 Å². The number of amides is 1. The number of Topliss-reactive ketones (excluding diaryl/α,β-unsaturated/α-hetero) is 1. The summed E-state index contributed by atoms with van der Waals surface area (Å²) in [5.41, 5.74) is 0.347. The first kappa shape index (κ1) is 17.6. The van der Waals surface area contributed by atoms with Gasteiger partial charge in [-0.05, 0) is 30.5 Å². The van der Waals surface area contributed by atoms with Gasteiger partial charge in [-0.15, -0.1) is 0 Å². The summed E-state index contributed by atoms with van der Waals surface area (Å²) in [4.78, 5) is 48.6. The van der Waals surface area contributed by atoms with Crippen molar-refractivity contribution in [1.82, 2.24) is 4.57 Å². The third kappa shape index (κ3) is 3.42. The standard InChI is InChI=1S/C19H18N2O5/c1-11-7-15-13(16(22)8-11)9-14(19(26)21(15)10-17(23)24)20-18(25)12-5-3-2-4-6-12/h2-6,9,11H,7-8,10H2,1H3,(H,20,25)(H,23,24)/t11-/m1/s1. The van der Waals surface area contributed by atoms with E-state index in [4.69, 9.17) is 5.11 Å². The largest absolute Gasteiger partial charge is 0.480 e. The van der Waals surface area contributed by atoms with Crippen LogP contribution in [0.4, 0.5) is 5.69 Å². The number of nitrogens with zero attached hydrogens (tertiary/aromatic N) is 1. The summed E-state index contributed by atoms with van der Waals surface area (Å²) >= 11 is 0. The molecule has 7 heteroatoms. The van der Waals surface area contributed by atoms with E-state index in [9.17, 15) is 19.2 Å². The summed E-state index contributed by atoms with van der Waals surface area (Å²) in [5, 5.41) is 11.6. The van der Waals surface area contributed by atoms with Crippen LogP contribution in [0.3, 0.4) is 0 Å². The number of aliphatic carboxylic acids is 1. The van der Waals surface area contributed by atoms with Crippen molar-refractivity contribution < 1.29 is 19.5 Å². The summed E-state index contributed by atoms with van der Waals surface area (Å²) < 4.78 is 1.08. The van der Waals surface area contributed by atoms with Crippen LogP contribution < -0.4 is 10.9 Å². The Bertz CT molecular complexity index is 946. The lowest BCUT2D eigenvalue weighted by Crippen LogP contribution is -2.35. The Balaban J connectivity index is 2.07. The lowest BCUT2D eigenvalue weighted by Gasteiger charge is -2.24. The highest BCUT2D eigenvalue weighted by Crippen LogP contribution is 2.26. The number of rotatable bonds is 4. The molecular weight excluding hydrogens is 336 g/mol. The van der Waals surface area contributed by atoms with Gasteiger partial charge in [-0.2, -0.15) is 0 Å². The number of ketones is 1. The maximum Gasteiger partial charge on any atom is 0.323 e. The Morgan fingerprint density at radius 2 is 1.88 bits per heavy atom. The number of pyridine rings is 1. The lowest BCUT2D eigenvalue weighted by molar-refractivity contribution is -0.137. The number of nitrogens with one attached hydrogen (secondary N) is 1. The van der Waals surface area contributed by atoms with E-state index in [1.54, 1.807) is 30.3 Å². The molecule has 1 aliphatic carbocycles. The van der Waals surface area contributed by atoms with Crippen molar-refractivity contribution in [2.45, 2.75) is 26.3 Å². The van der Waals surface area contributed by atoms with Gasteiger partial charge in [0.2, 0.25) is 0 Å². The average molecular weight is 354 g/mol. The second-order valence-electron chi connectivity index (χ2n) is 6.46. The van der Waals surface area contributed by atoms with Crippen LogP contribution in [0, 0.1) is 5.92 Å². The van der Waals surface area contributed by atoms with Crippen LogP contribution >= 0.6 is 0 Å². The van der Waals surface area contributed by atoms with E-state index in [1.807, 2.05) is 6.92 Å². The molecule has 1 heterocycles. The maximum atomic E-state index is 12.7. The molecule has 2 aromatic rings. The molecule has 2 N–H and O–H groups in total. The Labute approximate surface area is 149 Å². The van der Waals surface area contributed by atoms with Crippen LogP contribution in [0.1, 0.15) is 39.8 Å². The summed E-state index contributed by atoms with van der Waals surface area (Å²) in [5.74, 6) is -1.82. The number of hydrogen-bond donors (Lipinski definition) is 2. The number of benzene rings is 1. The summed E-state index contributed by atoms with van der Waals surface area (Å²) in [6, 6.07) is 9.69. The fraction of sp³-hybridized carbons (Fsp3) is 0.263. The molecule has 1 aromatic heterocycles. The first-order valence-electron chi connectivity index (χ1n) is 8.25. The second kappa shape index (κ2) is 6.95. The predicted molar refractivity (Wildman–Crippen MR) is 94.5 cm³/mol. The van der Waals surface area contributed by atoms with E-state index in [2.05, 4.69) is 5.32 Å². The Kier molecular flexibility index (Phi) is 4.71. The van der Waals surface area contributed by atoms with Crippen molar-refractivity contribution in [3.8, 4) is 0 Å². The molecule has 1 amide bonds. The number of fused-ring (bicyclic) bond motifs is 1. The van der Waals surface area contributed by atoms with Crippen LogP contribution in [0.2, 0.25) is 0 Å². The molecular formula is C19H18N2O5. The number of carboxylic acid groups (broad SMARTS) is 1. The van der Waals surface area contributed by atoms with E-state index in [1.165, 1.54) is 6.07 Å². The van der Waals surface area contributed by atoms with Gasteiger partial charge < -0.3 is 10.4 Å². The van der Waals surface area contributed by atoms with Crippen LogP contribution in [0.25, 0.3) is 0 Å². The van der Waals surface area contributed by atoms with Gasteiger partial charge >= 0.3 is 5.97 Å². The van der Waals surface area contributed by atoms with Crippen molar-refractivity contribution in [3.63, 3.8) is 0 Å². The van der Waals surface area contributed by atoms with Crippen molar-refractivity contribution >= 4 is 23.3 Å². The minimum Gasteiger partial charge on any atom is -0.480 e. The minimum absolute atomic E-state index is 0.0270. The molecule has 26 heavy (non-hydrogen) atoms. The molecule has 0 saturated heterocycles. The molecule has 1 aliphatic rings. The number of carbonyl (C=O) groups is 3. The molecule has 0 bridgehead atoms. The molecule has 1 atom stereocenters. The number of hydrogen-bond acceptors (Lipinski definition) is 4. The van der Waals surface area contributed by atoms with E-state index < -0.39 is 24.0 Å². The molecule has 0 fully saturated rings. The van der Waals surface area contributed by atoms with Crippen molar-refractivity contribution in [2.75, 3.05) is 5.32 Å². The average Bonchev–Trinajstić information content (AvgIpc) is 2.59. The number of aromatic nitrogens is 1. The van der Waals surface area contributed by atoms with E-state index >= 15 is 0 Å². The Morgan fingerprint density at radius 3 is 2.54 bits per heavy atom. The van der Waals surface area contributed by atoms with Gasteiger partial charge in [0.1, 0.15) is 12.2 Å². The highest BCUT2D eigenvalue weighted by atomic mass is 16.4. The summed E-state index contributed by atoms with van der Waals surface area (Å²) in [6.07, 6.45) is 0.765. The highest BCUT2D eigenvalue weighted by molar-refractivity contribution is 6.05. The summed E-state index contributed by atoms with van der Waals surface area (Å²) in [7, 11) is 0. The van der Waals surface area contributed by atoms with Gasteiger partial charge in [-0.1, -0.05) is 25.1 Å². The normalized spacial score (nSPS) is 16.0. The molecule has 1 aromatic carbocycles. The van der Waals surface area contributed by atoms with Crippen LogP contribution in [-0.2, 0) is 17.8 Å². The zero-order valence-corrected chi connectivity index (χ0v) is 14.2. The Morgan fingerprint density at radius 1 is 1.19 bits per heavy atom. The van der Waals surface area contributed by atoms with Crippen molar-refractivity contribution in [1.29, 1.82) is 0 Å². The van der Waals surface area contributed by atoms with Crippen LogP contribution in [-0.4, -0.2) is 27.3 Å². The second-order valence-corrected chi connectivity index (χ2v) is 6.46. The number of anilines is 1. The molecule has 134 valence electrons. The molecule has 7 nitrogen and oxygen atoms in total. The van der Waals surface area contributed by atoms with Gasteiger partial charge in [-0.25, -0.2) is 0 Å².